The van der Waals surface area contributed by atoms with E-state index in [0.717, 1.165) is 21.9 Å². The fourth-order valence-electron chi connectivity index (χ4n) is 3.00. The van der Waals surface area contributed by atoms with Crippen LogP contribution in [0.15, 0.2) is 76.4 Å². The van der Waals surface area contributed by atoms with Gasteiger partial charge in [0.15, 0.2) is 0 Å². The Morgan fingerprint density at radius 2 is 1.93 bits per heavy atom. The highest BCUT2D eigenvalue weighted by molar-refractivity contribution is 7.92. The Kier molecular flexibility index (Phi) is 4.70. The summed E-state index contributed by atoms with van der Waals surface area (Å²) in [5.74, 6) is 0.641. The second-order valence-corrected chi connectivity index (χ2v) is 8.09. The number of rotatable bonds is 5. The molecule has 0 unspecified atom stereocenters. The number of nitrogens with one attached hydrogen (secondary N) is 1. The normalized spacial score (nSPS) is 11.5. The van der Waals surface area contributed by atoms with E-state index < -0.39 is 10.0 Å². The molecule has 0 saturated carbocycles. The van der Waals surface area contributed by atoms with Crippen molar-refractivity contribution in [2.24, 2.45) is 0 Å². The molecule has 0 atom stereocenters. The highest BCUT2D eigenvalue weighted by atomic mass is 35.5. The van der Waals surface area contributed by atoms with Crippen molar-refractivity contribution in [2.75, 3.05) is 11.8 Å². The standard InChI is InChI=1S/C20H15ClN2O4S/c1-26-19-12-14(21)5-7-18(19)17-4-2-3-13-11-15(6-8-16(13)17)28(24,25)23-20-22-9-10-27-20/h2-12H,1H3,(H,22,23). The minimum absolute atomic E-state index is 0.0836. The Balaban J connectivity index is 1.81. The van der Waals surface area contributed by atoms with Gasteiger partial charge in [-0.25, -0.2) is 18.1 Å². The van der Waals surface area contributed by atoms with E-state index in [1.165, 1.54) is 12.5 Å². The number of sulfonamides is 1. The van der Waals surface area contributed by atoms with Gasteiger partial charge in [-0.1, -0.05) is 35.9 Å². The number of aromatic nitrogens is 1. The third-order valence-electron chi connectivity index (χ3n) is 4.27. The number of benzene rings is 3. The average Bonchev–Trinajstić information content (AvgIpc) is 3.19. The number of fused-ring (bicyclic) bond motifs is 1. The van der Waals surface area contributed by atoms with E-state index in [4.69, 9.17) is 20.8 Å². The van der Waals surface area contributed by atoms with Crippen molar-refractivity contribution >= 4 is 38.4 Å². The second-order valence-electron chi connectivity index (χ2n) is 5.98. The maximum Gasteiger partial charge on any atom is 0.308 e. The summed E-state index contributed by atoms with van der Waals surface area (Å²) in [6.45, 7) is 0. The number of hydrogen-bond acceptors (Lipinski definition) is 5. The molecule has 6 nitrogen and oxygen atoms in total. The van der Waals surface area contributed by atoms with Crippen molar-refractivity contribution in [1.29, 1.82) is 0 Å². The quantitative estimate of drug-likeness (QED) is 0.499. The molecule has 8 heteroatoms. The lowest BCUT2D eigenvalue weighted by Gasteiger charge is -2.13. The molecule has 0 radical (unpaired) electrons. The zero-order valence-corrected chi connectivity index (χ0v) is 16.3. The highest BCUT2D eigenvalue weighted by Gasteiger charge is 2.18. The zero-order chi connectivity index (χ0) is 19.7. The van der Waals surface area contributed by atoms with Gasteiger partial charge in [0.05, 0.1) is 18.2 Å². The smallest absolute Gasteiger partial charge is 0.308 e. The number of oxazole rings is 1. The van der Waals surface area contributed by atoms with Crippen LogP contribution in [0.2, 0.25) is 5.02 Å². The second kappa shape index (κ2) is 7.18. The molecule has 4 aromatic rings. The van der Waals surface area contributed by atoms with E-state index in [1.54, 1.807) is 37.4 Å². The molecule has 1 N–H and O–H groups in total. The molecule has 0 aliphatic carbocycles. The number of hydrogen-bond donors (Lipinski definition) is 1. The fourth-order valence-corrected chi connectivity index (χ4v) is 4.14. The molecule has 0 fully saturated rings. The number of ether oxygens (including phenoxy) is 1. The van der Waals surface area contributed by atoms with E-state index in [0.29, 0.717) is 10.8 Å². The maximum atomic E-state index is 12.6. The summed E-state index contributed by atoms with van der Waals surface area (Å²) in [5.41, 5.74) is 1.78. The first kappa shape index (κ1) is 18.3. The van der Waals surface area contributed by atoms with Crippen molar-refractivity contribution in [3.8, 4) is 16.9 Å². The zero-order valence-electron chi connectivity index (χ0n) is 14.7. The van der Waals surface area contributed by atoms with Gasteiger partial charge >= 0.3 is 6.01 Å². The van der Waals surface area contributed by atoms with Crippen LogP contribution in [0, 0.1) is 0 Å². The minimum Gasteiger partial charge on any atom is -0.496 e. The van der Waals surface area contributed by atoms with Crippen LogP contribution in [-0.4, -0.2) is 20.5 Å². The SMILES string of the molecule is COc1cc(Cl)ccc1-c1cccc2cc(S(=O)(=O)Nc3ncco3)ccc12. The van der Waals surface area contributed by atoms with E-state index in [-0.39, 0.29) is 10.9 Å². The summed E-state index contributed by atoms with van der Waals surface area (Å²) < 4.78 is 37.9. The van der Waals surface area contributed by atoms with Crippen LogP contribution < -0.4 is 9.46 Å². The Labute approximate surface area is 166 Å². The van der Waals surface area contributed by atoms with Gasteiger partial charge in [0, 0.05) is 10.6 Å². The monoisotopic (exact) mass is 414 g/mol. The molecule has 142 valence electrons. The minimum atomic E-state index is -3.82. The van der Waals surface area contributed by atoms with E-state index in [9.17, 15) is 8.42 Å². The van der Waals surface area contributed by atoms with Gasteiger partial charge < -0.3 is 9.15 Å². The molecule has 1 heterocycles. The van der Waals surface area contributed by atoms with Gasteiger partial charge in [0.1, 0.15) is 12.0 Å². The molecule has 0 aliphatic heterocycles. The number of nitrogens with zero attached hydrogens (tertiary/aromatic N) is 1. The highest BCUT2D eigenvalue weighted by Crippen LogP contribution is 2.37. The van der Waals surface area contributed by atoms with Crippen molar-refractivity contribution in [3.63, 3.8) is 0 Å². The molecule has 1 aromatic heterocycles. The van der Waals surface area contributed by atoms with Gasteiger partial charge in [0.25, 0.3) is 10.0 Å². The summed E-state index contributed by atoms with van der Waals surface area (Å²) in [7, 11) is -2.24. The predicted octanol–water partition coefficient (Wildman–Crippen LogP) is 4.96. The molecule has 0 bridgehead atoms. The van der Waals surface area contributed by atoms with Crippen LogP contribution in [0.3, 0.4) is 0 Å². The molecule has 4 rings (SSSR count). The molecule has 28 heavy (non-hydrogen) atoms. The van der Waals surface area contributed by atoms with Crippen LogP contribution in [0.1, 0.15) is 0 Å². The third kappa shape index (κ3) is 3.42. The molecule has 0 aliphatic rings. The van der Waals surface area contributed by atoms with Crippen LogP contribution in [0.25, 0.3) is 21.9 Å². The largest absolute Gasteiger partial charge is 0.496 e. The van der Waals surface area contributed by atoms with Crippen LogP contribution in [-0.2, 0) is 10.0 Å². The molecule has 3 aromatic carbocycles. The summed E-state index contributed by atoms with van der Waals surface area (Å²) >= 11 is 6.06. The Bertz CT molecular complexity index is 1250. The summed E-state index contributed by atoms with van der Waals surface area (Å²) in [5, 5.41) is 2.23. The number of halogens is 1. The van der Waals surface area contributed by atoms with E-state index in [1.807, 2.05) is 24.3 Å². The van der Waals surface area contributed by atoms with Crippen LogP contribution in [0.5, 0.6) is 5.75 Å². The first-order valence-electron chi connectivity index (χ1n) is 8.27. The summed E-state index contributed by atoms with van der Waals surface area (Å²) in [4.78, 5) is 3.90. The predicted molar refractivity (Wildman–Crippen MR) is 108 cm³/mol. The Hall–Kier alpha value is -3.03. The Morgan fingerprint density at radius 1 is 1.07 bits per heavy atom. The summed E-state index contributed by atoms with van der Waals surface area (Å²) in [6.07, 6.45) is 2.66. The number of methoxy groups -OCH3 is 1. The van der Waals surface area contributed by atoms with Gasteiger partial charge in [-0.2, -0.15) is 0 Å². The molecule has 0 spiro atoms. The topological polar surface area (TPSA) is 81.4 Å². The molecular weight excluding hydrogens is 400 g/mol. The first-order chi connectivity index (χ1) is 13.5. The van der Waals surface area contributed by atoms with Crippen molar-refractivity contribution in [1.82, 2.24) is 4.98 Å². The number of anilines is 1. The van der Waals surface area contributed by atoms with Crippen molar-refractivity contribution in [2.45, 2.75) is 4.90 Å². The van der Waals surface area contributed by atoms with E-state index >= 15 is 0 Å². The third-order valence-corrected chi connectivity index (χ3v) is 5.82. The average molecular weight is 415 g/mol. The van der Waals surface area contributed by atoms with Gasteiger partial charge in [-0.15, -0.1) is 0 Å². The summed E-state index contributed by atoms with van der Waals surface area (Å²) in [6, 6.07) is 15.9. The lowest BCUT2D eigenvalue weighted by molar-refractivity contribution is 0.416. The molecule has 0 amide bonds. The van der Waals surface area contributed by atoms with Gasteiger partial charge in [-0.3, -0.25) is 0 Å². The lowest BCUT2D eigenvalue weighted by atomic mass is 9.97. The first-order valence-corrected chi connectivity index (χ1v) is 10.1. The van der Waals surface area contributed by atoms with Gasteiger partial charge in [0.2, 0.25) is 0 Å². The van der Waals surface area contributed by atoms with Crippen LogP contribution in [0.4, 0.5) is 6.01 Å². The molecular formula is C20H15ClN2O4S. The van der Waals surface area contributed by atoms with Crippen LogP contribution >= 0.6 is 11.6 Å². The molecule has 0 saturated heterocycles. The maximum absolute atomic E-state index is 12.6. The van der Waals surface area contributed by atoms with Crippen molar-refractivity contribution in [3.05, 3.63) is 72.1 Å². The lowest BCUT2D eigenvalue weighted by Crippen LogP contribution is -2.13. The Morgan fingerprint density at radius 3 is 2.68 bits per heavy atom. The van der Waals surface area contributed by atoms with Gasteiger partial charge in [-0.05, 0) is 46.7 Å². The fraction of sp³-hybridized carbons (Fsp3) is 0.0500. The van der Waals surface area contributed by atoms with E-state index in [2.05, 4.69) is 9.71 Å². The van der Waals surface area contributed by atoms with Crippen molar-refractivity contribution < 1.29 is 17.6 Å².